The quantitative estimate of drug-likeness (QED) is 0.731. The van der Waals surface area contributed by atoms with Crippen LogP contribution in [0.1, 0.15) is 81.5 Å². The zero-order valence-electron chi connectivity index (χ0n) is 12.1. The third-order valence-electron chi connectivity index (χ3n) is 3.25. The van der Waals surface area contributed by atoms with Crippen LogP contribution in [0.15, 0.2) is 6.07 Å². The summed E-state index contributed by atoms with van der Waals surface area (Å²) in [5.74, 6) is 0.347. The van der Waals surface area contributed by atoms with E-state index in [1.165, 1.54) is 6.07 Å². The highest BCUT2D eigenvalue weighted by molar-refractivity contribution is 5.51. The molecule has 18 heavy (non-hydrogen) atoms. The maximum absolute atomic E-state index is 14.2. The average Bonchev–Trinajstić information content (AvgIpc) is 2.25. The number of rotatable bonds is 3. The normalized spacial score (nSPS) is 11.4. The second-order valence-electron chi connectivity index (χ2n) is 5.72. The van der Waals surface area contributed by atoms with Crippen LogP contribution in [0, 0.1) is 17.1 Å². The lowest BCUT2D eigenvalue weighted by molar-refractivity contribution is 0.584. The van der Waals surface area contributed by atoms with Gasteiger partial charge >= 0.3 is 0 Å². The standard InChI is InChI=1S/C16H22FN/c1-9(2)14-12(8-18)7-13(17)15(10(3)4)16(14)11(5)6/h7,9-11H,1-6H3. The summed E-state index contributed by atoms with van der Waals surface area (Å²) >= 11 is 0. The maximum Gasteiger partial charge on any atom is 0.128 e. The summed E-state index contributed by atoms with van der Waals surface area (Å²) in [7, 11) is 0. The molecule has 1 nitrogen and oxygen atoms in total. The topological polar surface area (TPSA) is 23.8 Å². The van der Waals surface area contributed by atoms with Crippen molar-refractivity contribution < 1.29 is 4.39 Å². The molecule has 0 unspecified atom stereocenters. The van der Waals surface area contributed by atoms with Gasteiger partial charge in [-0.05, 0) is 40.5 Å². The van der Waals surface area contributed by atoms with Gasteiger partial charge in [0, 0.05) is 0 Å². The fourth-order valence-corrected chi connectivity index (χ4v) is 2.62. The third kappa shape index (κ3) is 2.56. The van der Waals surface area contributed by atoms with Gasteiger partial charge in [0.2, 0.25) is 0 Å². The van der Waals surface area contributed by atoms with Crippen LogP contribution in [-0.4, -0.2) is 0 Å². The van der Waals surface area contributed by atoms with Crippen molar-refractivity contribution in [2.24, 2.45) is 0 Å². The minimum absolute atomic E-state index is 0.132. The number of hydrogen-bond acceptors (Lipinski definition) is 1. The van der Waals surface area contributed by atoms with Crippen LogP contribution >= 0.6 is 0 Å². The van der Waals surface area contributed by atoms with E-state index in [0.29, 0.717) is 5.56 Å². The summed E-state index contributed by atoms with van der Waals surface area (Å²) in [6.07, 6.45) is 0. The highest BCUT2D eigenvalue weighted by Gasteiger charge is 2.23. The molecule has 2 heteroatoms. The van der Waals surface area contributed by atoms with Gasteiger partial charge in [-0.15, -0.1) is 0 Å². The van der Waals surface area contributed by atoms with Crippen molar-refractivity contribution in [2.45, 2.75) is 59.3 Å². The lowest BCUT2D eigenvalue weighted by Gasteiger charge is -2.24. The summed E-state index contributed by atoms with van der Waals surface area (Å²) < 4.78 is 14.2. The second kappa shape index (κ2) is 5.52. The highest BCUT2D eigenvalue weighted by atomic mass is 19.1. The molecule has 1 rings (SSSR count). The van der Waals surface area contributed by atoms with Gasteiger partial charge in [0.1, 0.15) is 5.82 Å². The van der Waals surface area contributed by atoms with Gasteiger partial charge < -0.3 is 0 Å². The minimum atomic E-state index is -0.241. The molecule has 0 atom stereocenters. The SMILES string of the molecule is CC(C)c1c(F)cc(C#N)c(C(C)C)c1C(C)C. The van der Waals surface area contributed by atoms with Gasteiger partial charge in [0.05, 0.1) is 11.6 Å². The van der Waals surface area contributed by atoms with Gasteiger partial charge in [0.25, 0.3) is 0 Å². The highest BCUT2D eigenvalue weighted by Crippen LogP contribution is 2.37. The maximum atomic E-state index is 14.2. The molecule has 0 aromatic heterocycles. The van der Waals surface area contributed by atoms with E-state index in [1.54, 1.807) is 0 Å². The van der Waals surface area contributed by atoms with Crippen LogP contribution in [0.3, 0.4) is 0 Å². The third-order valence-corrected chi connectivity index (χ3v) is 3.25. The molecule has 0 spiro atoms. The fourth-order valence-electron chi connectivity index (χ4n) is 2.62. The van der Waals surface area contributed by atoms with E-state index in [4.69, 9.17) is 0 Å². The molecule has 98 valence electrons. The Kier molecular flexibility index (Phi) is 4.51. The van der Waals surface area contributed by atoms with Crippen LogP contribution in [0.5, 0.6) is 0 Å². The van der Waals surface area contributed by atoms with E-state index in [9.17, 15) is 9.65 Å². The van der Waals surface area contributed by atoms with Crippen molar-refractivity contribution in [3.05, 3.63) is 34.1 Å². The Morgan fingerprint density at radius 1 is 0.889 bits per heavy atom. The first-order chi connectivity index (χ1) is 8.31. The molecule has 0 radical (unpaired) electrons. The Labute approximate surface area is 110 Å². The zero-order chi connectivity index (χ0) is 14.0. The second-order valence-corrected chi connectivity index (χ2v) is 5.72. The molecule has 0 amide bonds. The van der Waals surface area contributed by atoms with Crippen molar-refractivity contribution in [3.8, 4) is 6.07 Å². The predicted octanol–water partition coefficient (Wildman–Crippen LogP) is 5.07. The van der Waals surface area contributed by atoms with Crippen molar-refractivity contribution in [1.82, 2.24) is 0 Å². The van der Waals surface area contributed by atoms with Crippen molar-refractivity contribution in [1.29, 1.82) is 5.26 Å². The predicted molar refractivity (Wildman–Crippen MR) is 73.4 cm³/mol. The number of halogens is 1. The first kappa shape index (κ1) is 14.7. The largest absolute Gasteiger partial charge is 0.207 e. The molecule has 0 heterocycles. The van der Waals surface area contributed by atoms with Crippen LogP contribution in [0.4, 0.5) is 4.39 Å². The van der Waals surface area contributed by atoms with Crippen molar-refractivity contribution >= 4 is 0 Å². The molecule has 0 fully saturated rings. The summed E-state index contributed by atoms with van der Waals surface area (Å²) in [6, 6.07) is 3.54. The first-order valence-corrected chi connectivity index (χ1v) is 6.57. The molecule has 1 aromatic carbocycles. The van der Waals surface area contributed by atoms with E-state index in [2.05, 4.69) is 33.8 Å². The first-order valence-electron chi connectivity index (χ1n) is 6.57. The Morgan fingerprint density at radius 3 is 1.67 bits per heavy atom. The van der Waals surface area contributed by atoms with Crippen LogP contribution in [-0.2, 0) is 0 Å². The molecular weight excluding hydrogens is 225 g/mol. The summed E-state index contributed by atoms with van der Waals surface area (Å²) in [5.41, 5.74) is 3.29. The Balaban J connectivity index is 3.77. The molecule has 0 aliphatic carbocycles. The van der Waals surface area contributed by atoms with Crippen LogP contribution in [0.25, 0.3) is 0 Å². The number of benzene rings is 1. The van der Waals surface area contributed by atoms with E-state index in [-0.39, 0.29) is 23.6 Å². The lowest BCUT2D eigenvalue weighted by atomic mass is 9.80. The number of nitriles is 1. The number of hydrogen-bond donors (Lipinski definition) is 0. The molecule has 0 saturated carbocycles. The van der Waals surface area contributed by atoms with Crippen molar-refractivity contribution in [3.63, 3.8) is 0 Å². The molecule has 0 bridgehead atoms. The van der Waals surface area contributed by atoms with Gasteiger partial charge in [0.15, 0.2) is 0 Å². The smallest absolute Gasteiger partial charge is 0.128 e. The molecular formula is C16H22FN. The minimum Gasteiger partial charge on any atom is -0.207 e. The zero-order valence-corrected chi connectivity index (χ0v) is 12.1. The monoisotopic (exact) mass is 247 g/mol. The van der Waals surface area contributed by atoms with Gasteiger partial charge in [-0.2, -0.15) is 5.26 Å². The molecule has 1 aromatic rings. The summed E-state index contributed by atoms with van der Waals surface area (Å²) in [6.45, 7) is 12.2. The Bertz CT molecular complexity index is 479. The van der Waals surface area contributed by atoms with Gasteiger partial charge in [-0.1, -0.05) is 41.5 Å². The summed E-state index contributed by atoms with van der Waals surface area (Å²) in [5, 5.41) is 9.21. The summed E-state index contributed by atoms with van der Waals surface area (Å²) in [4.78, 5) is 0. The molecule has 0 aliphatic heterocycles. The van der Waals surface area contributed by atoms with Crippen molar-refractivity contribution in [2.75, 3.05) is 0 Å². The molecule has 0 aliphatic rings. The van der Waals surface area contributed by atoms with Gasteiger partial charge in [-0.25, -0.2) is 4.39 Å². The molecule has 0 saturated heterocycles. The van der Waals surface area contributed by atoms with Crippen LogP contribution in [0.2, 0.25) is 0 Å². The van der Waals surface area contributed by atoms with E-state index in [0.717, 1.165) is 16.7 Å². The molecule has 0 N–H and O–H groups in total. The average molecular weight is 247 g/mol. The van der Waals surface area contributed by atoms with E-state index < -0.39 is 0 Å². The lowest BCUT2D eigenvalue weighted by Crippen LogP contribution is -2.10. The van der Waals surface area contributed by atoms with E-state index in [1.807, 2.05) is 13.8 Å². The Hall–Kier alpha value is -1.36. The van der Waals surface area contributed by atoms with Gasteiger partial charge in [-0.3, -0.25) is 0 Å². The van der Waals surface area contributed by atoms with E-state index >= 15 is 0 Å². The fraction of sp³-hybridized carbons (Fsp3) is 0.562. The number of nitrogens with zero attached hydrogens (tertiary/aromatic N) is 1. The Morgan fingerprint density at radius 2 is 1.33 bits per heavy atom. The van der Waals surface area contributed by atoms with Crippen LogP contribution < -0.4 is 0 Å².